The van der Waals surface area contributed by atoms with Gasteiger partial charge in [-0.15, -0.1) is 0 Å². The molecule has 1 aromatic rings. The SMILES string of the molecule is CC[C@@H](Cc1ccccc1C)C(=O)O. The minimum absolute atomic E-state index is 0.254. The van der Waals surface area contributed by atoms with Gasteiger partial charge in [-0.3, -0.25) is 4.79 Å². The van der Waals surface area contributed by atoms with Crippen LogP contribution in [-0.2, 0) is 11.2 Å². The third-order valence-electron chi connectivity index (χ3n) is 2.57. The topological polar surface area (TPSA) is 37.3 Å². The fourth-order valence-electron chi connectivity index (χ4n) is 1.51. The average molecular weight is 192 g/mol. The van der Waals surface area contributed by atoms with E-state index in [1.165, 1.54) is 5.56 Å². The first-order valence-electron chi connectivity index (χ1n) is 4.92. The minimum Gasteiger partial charge on any atom is -0.481 e. The van der Waals surface area contributed by atoms with E-state index in [2.05, 4.69) is 0 Å². The zero-order valence-electron chi connectivity index (χ0n) is 8.66. The van der Waals surface area contributed by atoms with Crippen LogP contribution in [0, 0.1) is 12.8 Å². The van der Waals surface area contributed by atoms with Gasteiger partial charge in [0, 0.05) is 0 Å². The van der Waals surface area contributed by atoms with Gasteiger partial charge in [0.25, 0.3) is 0 Å². The maximum atomic E-state index is 10.8. The molecule has 0 saturated heterocycles. The standard InChI is InChI=1S/C12H16O2/c1-3-10(12(13)14)8-11-7-5-4-6-9(11)2/h4-7,10H,3,8H2,1-2H3,(H,13,14)/t10-/m0/s1. The molecule has 76 valence electrons. The van der Waals surface area contributed by atoms with Gasteiger partial charge in [-0.25, -0.2) is 0 Å². The van der Waals surface area contributed by atoms with Gasteiger partial charge in [-0.05, 0) is 30.9 Å². The molecule has 1 N–H and O–H groups in total. The van der Waals surface area contributed by atoms with Crippen LogP contribution in [0.3, 0.4) is 0 Å². The number of aliphatic carboxylic acids is 1. The van der Waals surface area contributed by atoms with Crippen LogP contribution in [0.15, 0.2) is 24.3 Å². The normalized spacial score (nSPS) is 12.4. The van der Waals surface area contributed by atoms with Crippen molar-refractivity contribution in [2.75, 3.05) is 0 Å². The van der Waals surface area contributed by atoms with Crippen LogP contribution in [0.1, 0.15) is 24.5 Å². The van der Waals surface area contributed by atoms with Crippen LogP contribution < -0.4 is 0 Å². The third kappa shape index (κ3) is 2.59. The molecule has 14 heavy (non-hydrogen) atoms. The molecule has 2 nitrogen and oxygen atoms in total. The molecule has 1 rings (SSSR count). The predicted molar refractivity (Wildman–Crippen MR) is 56.3 cm³/mol. The van der Waals surface area contributed by atoms with Crippen molar-refractivity contribution in [3.05, 3.63) is 35.4 Å². The number of hydrogen-bond acceptors (Lipinski definition) is 1. The van der Waals surface area contributed by atoms with E-state index in [-0.39, 0.29) is 5.92 Å². The zero-order chi connectivity index (χ0) is 10.6. The molecule has 0 fully saturated rings. The zero-order valence-corrected chi connectivity index (χ0v) is 8.66. The Bertz CT molecular complexity index is 318. The number of hydrogen-bond donors (Lipinski definition) is 1. The van der Waals surface area contributed by atoms with Crippen LogP contribution in [0.25, 0.3) is 0 Å². The summed E-state index contributed by atoms with van der Waals surface area (Å²) in [6.07, 6.45) is 1.32. The summed E-state index contributed by atoms with van der Waals surface area (Å²) in [5.74, 6) is -0.952. The molecule has 0 spiro atoms. The van der Waals surface area contributed by atoms with E-state index >= 15 is 0 Å². The Morgan fingerprint density at radius 2 is 2.07 bits per heavy atom. The molecule has 0 aliphatic rings. The second-order valence-corrected chi connectivity index (χ2v) is 3.57. The second-order valence-electron chi connectivity index (χ2n) is 3.57. The largest absolute Gasteiger partial charge is 0.481 e. The highest BCUT2D eigenvalue weighted by atomic mass is 16.4. The van der Waals surface area contributed by atoms with Crippen LogP contribution >= 0.6 is 0 Å². The van der Waals surface area contributed by atoms with Crippen molar-refractivity contribution in [1.82, 2.24) is 0 Å². The van der Waals surface area contributed by atoms with E-state index in [0.29, 0.717) is 12.8 Å². The Hall–Kier alpha value is -1.31. The van der Waals surface area contributed by atoms with E-state index in [1.54, 1.807) is 0 Å². The van der Waals surface area contributed by atoms with Gasteiger partial charge < -0.3 is 5.11 Å². The highest BCUT2D eigenvalue weighted by molar-refractivity contribution is 5.70. The molecule has 0 radical (unpaired) electrons. The number of aryl methyl sites for hydroxylation is 1. The molecule has 0 saturated carbocycles. The molecule has 1 atom stereocenters. The summed E-state index contributed by atoms with van der Waals surface area (Å²) in [7, 11) is 0. The number of carboxylic acids is 1. The van der Waals surface area contributed by atoms with Crippen molar-refractivity contribution in [2.45, 2.75) is 26.7 Å². The van der Waals surface area contributed by atoms with E-state index in [4.69, 9.17) is 5.11 Å². The van der Waals surface area contributed by atoms with E-state index in [9.17, 15) is 4.79 Å². The summed E-state index contributed by atoms with van der Waals surface area (Å²) in [6.45, 7) is 3.93. The lowest BCUT2D eigenvalue weighted by atomic mass is 9.94. The second kappa shape index (κ2) is 4.80. The van der Waals surface area contributed by atoms with Gasteiger partial charge in [0.05, 0.1) is 5.92 Å². The number of rotatable bonds is 4. The molecule has 0 amide bonds. The predicted octanol–water partition coefficient (Wildman–Crippen LogP) is 2.65. The molecule has 1 aromatic carbocycles. The fourth-order valence-corrected chi connectivity index (χ4v) is 1.51. The summed E-state index contributed by atoms with van der Waals surface area (Å²) in [5.41, 5.74) is 2.31. The number of carboxylic acid groups (broad SMARTS) is 1. The van der Waals surface area contributed by atoms with Gasteiger partial charge in [-0.2, -0.15) is 0 Å². The molecule has 0 aliphatic carbocycles. The first kappa shape index (κ1) is 10.8. The molecule has 0 aliphatic heterocycles. The van der Waals surface area contributed by atoms with Crippen LogP contribution in [0.5, 0.6) is 0 Å². The summed E-state index contributed by atoms with van der Waals surface area (Å²) < 4.78 is 0. The lowest BCUT2D eigenvalue weighted by Crippen LogP contribution is -2.15. The quantitative estimate of drug-likeness (QED) is 0.796. The number of benzene rings is 1. The van der Waals surface area contributed by atoms with Crippen molar-refractivity contribution in [2.24, 2.45) is 5.92 Å². The van der Waals surface area contributed by atoms with Gasteiger partial charge in [0.1, 0.15) is 0 Å². The van der Waals surface area contributed by atoms with Crippen molar-refractivity contribution in [1.29, 1.82) is 0 Å². The molecule has 0 heterocycles. The Balaban J connectivity index is 2.77. The lowest BCUT2D eigenvalue weighted by molar-refractivity contribution is -0.141. The van der Waals surface area contributed by atoms with Crippen molar-refractivity contribution in [3.8, 4) is 0 Å². The van der Waals surface area contributed by atoms with Crippen LogP contribution in [0.4, 0.5) is 0 Å². The van der Waals surface area contributed by atoms with Gasteiger partial charge in [-0.1, -0.05) is 31.2 Å². The molecule has 0 aromatic heterocycles. The first-order chi connectivity index (χ1) is 6.65. The Morgan fingerprint density at radius 1 is 1.43 bits per heavy atom. The summed E-state index contributed by atoms with van der Waals surface area (Å²) in [4.78, 5) is 10.8. The summed E-state index contributed by atoms with van der Waals surface area (Å²) in [6, 6.07) is 7.95. The van der Waals surface area contributed by atoms with Gasteiger partial charge >= 0.3 is 5.97 Å². The van der Waals surface area contributed by atoms with Crippen LogP contribution in [0.2, 0.25) is 0 Å². The Labute approximate surface area is 84.6 Å². The molecule has 2 heteroatoms. The van der Waals surface area contributed by atoms with E-state index in [1.807, 2.05) is 38.1 Å². The minimum atomic E-state index is -0.698. The molecule has 0 bridgehead atoms. The van der Waals surface area contributed by atoms with Gasteiger partial charge in [0.15, 0.2) is 0 Å². The Kier molecular flexibility index (Phi) is 3.69. The lowest BCUT2D eigenvalue weighted by Gasteiger charge is -2.11. The van der Waals surface area contributed by atoms with Crippen molar-refractivity contribution < 1.29 is 9.90 Å². The smallest absolute Gasteiger partial charge is 0.306 e. The number of carbonyl (C=O) groups is 1. The molecule has 0 unspecified atom stereocenters. The molecular formula is C12H16O2. The van der Waals surface area contributed by atoms with Gasteiger partial charge in [0.2, 0.25) is 0 Å². The monoisotopic (exact) mass is 192 g/mol. The first-order valence-corrected chi connectivity index (χ1v) is 4.92. The fraction of sp³-hybridized carbons (Fsp3) is 0.417. The Morgan fingerprint density at radius 3 is 2.57 bits per heavy atom. The maximum absolute atomic E-state index is 10.8. The summed E-state index contributed by atoms with van der Waals surface area (Å²) in [5, 5.41) is 8.93. The van der Waals surface area contributed by atoms with Crippen LogP contribution in [-0.4, -0.2) is 11.1 Å². The van der Waals surface area contributed by atoms with Crippen molar-refractivity contribution in [3.63, 3.8) is 0 Å². The average Bonchev–Trinajstić information content (AvgIpc) is 2.16. The van der Waals surface area contributed by atoms with E-state index < -0.39 is 5.97 Å². The van der Waals surface area contributed by atoms with Crippen molar-refractivity contribution >= 4 is 5.97 Å². The maximum Gasteiger partial charge on any atom is 0.306 e. The third-order valence-corrected chi connectivity index (χ3v) is 2.57. The highest BCUT2D eigenvalue weighted by Crippen LogP contribution is 2.15. The highest BCUT2D eigenvalue weighted by Gasteiger charge is 2.15. The summed E-state index contributed by atoms with van der Waals surface area (Å²) >= 11 is 0. The molecular weight excluding hydrogens is 176 g/mol. The van der Waals surface area contributed by atoms with E-state index in [0.717, 1.165) is 5.56 Å².